The van der Waals surface area contributed by atoms with Crippen molar-refractivity contribution in [3.63, 3.8) is 0 Å². The highest BCUT2D eigenvalue weighted by atomic mass is 19.2. The van der Waals surface area contributed by atoms with E-state index >= 15 is 0 Å². The summed E-state index contributed by atoms with van der Waals surface area (Å²) < 4.78 is 30.2. The lowest BCUT2D eigenvalue weighted by Gasteiger charge is -2.04. The van der Waals surface area contributed by atoms with Crippen LogP contribution < -0.4 is 4.74 Å². The molecule has 0 amide bonds. The monoisotopic (exact) mass is 171 g/mol. The lowest BCUT2D eigenvalue weighted by molar-refractivity contribution is 0.295. The molecule has 0 atom stereocenters. The van der Waals surface area contributed by atoms with E-state index < -0.39 is 11.6 Å². The van der Waals surface area contributed by atoms with Crippen molar-refractivity contribution in [3.8, 4) is 5.75 Å². The Morgan fingerprint density at radius 3 is 2.92 bits per heavy atom. The lowest BCUT2D eigenvalue weighted by Crippen LogP contribution is -1.98. The van der Waals surface area contributed by atoms with Crippen molar-refractivity contribution >= 4 is 0 Å². The van der Waals surface area contributed by atoms with Crippen molar-refractivity contribution in [2.45, 2.75) is 13.3 Å². The molecule has 0 aliphatic heterocycles. The summed E-state index contributed by atoms with van der Waals surface area (Å²) in [6.07, 6.45) is 0.764. The second kappa shape index (κ2) is 4.04. The third kappa shape index (κ3) is 1.94. The molecule has 1 radical (unpaired) electrons. The van der Waals surface area contributed by atoms with Gasteiger partial charge in [-0.3, -0.25) is 0 Å². The maximum Gasteiger partial charge on any atom is 0.201 e. The van der Waals surface area contributed by atoms with E-state index in [4.69, 9.17) is 4.74 Å². The molecule has 1 rings (SSSR count). The largest absolute Gasteiger partial charge is 0.490 e. The predicted octanol–water partition coefficient (Wildman–Crippen LogP) is 2.55. The van der Waals surface area contributed by atoms with E-state index in [0.717, 1.165) is 6.42 Å². The second-order valence-corrected chi connectivity index (χ2v) is 2.32. The molecule has 0 fully saturated rings. The zero-order valence-electron chi connectivity index (χ0n) is 6.73. The van der Waals surface area contributed by atoms with Crippen molar-refractivity contribution in [2.75, 3.05) is 6.61 Å². The summed E-state index contributed by atoms with van der Waals surface area (Å²) >= 11 is 0. The minimum atomic E-state index is -0.997. The zero-order chi connectivity index (χ0) is 8.97. The van der Waals surface area contributed by atoms with Crippen LogP contribution in [0.2, 0.25) is 0 Å². The van der Waals surface area contributed by atoms with Crippen LogP contribution in [0.25, 0.3) is 0 Å². The molecular formula is C9H9F2O. The SMILES string of the molecule is CCCOc1cc[c]c(F)c1F. The van der Waals surface area contributed by atoms with Gasteiger partial charge in [0.2, 0.25) is 5.82 Å². The average molecular weight is 171 g/mol. The van der Waals surface area contributed by atoms with Crippen LogP contribution in [0.3, 0.4) is 0 Å². The van der Waals surface area contributed by atoms with Gasteiger partial charge in [0, 0.05) is 6.07 Å². The lowest BCUT2D eigenvalue weighted by atomic mass is 10.3. The van der Waals surface area contributed by atoms with Gasteiger partial charge in [0.05, 0.1) is 6.61 Å². The molecule has 0 N–H and O–H groups in total. The van der Waals surface area contributed by atoms with E-state index in [2.05, 4.69) is 6.07 Å². The van der Waals surface area contributed by atoms with Gasteiger partial charge >= 0.3 is 0 Å². The quantitative estimate of drug-likeness (QED) is 0.679. The summed E-state index contributed by atoms with van der Waals surface area (Å²) in [5.74, 6) is -2.01. The molecule has 0 saturated carbocycles. The molecule has 65 valence electrons. The number of hydrogen-bond donors (Lipinski definition) is 0. The molecule has 0 heterocycles. The summed E-state index contributed by atoms with van der Waals surface area (Å²) in [5, 5.41) is 0. The third-order valence-electron chi connectivity index (χ3n) is 1.32. The van der Waals surface area contributed by atoms with Gasteiger partial charge in [-0.1, -0.05) is 6.92 Å². The molecule has 0 bridgehead atoms. The van der Waals surface area contributed by atoms with Crippen molar-refractivity contribution in [2.24, 2.45) is 0 Å². The van der Waals surface area contributed by atoms with Gasteiger partial charge in [0.25, 0.3) is 0 Å². The normalized spacial score (nSPS) is 9.92. The van der Waals surface area contributed by atoms with Crippen LogP contribution in [-0.2, 0) is 0 Å². The van der Waals surface area contributed by atoms with Crippen LogP contribution in [-0.4, -0.2) is 6.61 Å². The number of rotatable bonds is 3. The van der Waals surface area contributed by atoms with Crippen LogP contribution in [0.4, 0.5) is 8.78 Å². The van der Waals surface area contributed by atoms with Crippen LogP contribution in [0, 0.1) is 17.7 Å². The highest BCUT2D eigenvalue weighted by Crippen LogP contribution is 2.18. The Balaban J connectivity index is 2.78. The maximum absolute atomic E-state index is 12.8. The van der Waals surface area contributed by atoms with Gasteiger partial charge in [-0.25, -0.2) is 4.39 Å². The number of halogens is 2. The molecule has 1 nitrogen and oxygen atoms in total. The van der Waals surface area contributed by atoms with E-state index in [1.807, 2.05) is 6.92 Å². The molecule has 12 heavy (non-hydrogen) atoms. The molecule has 1 aromatic rings. The third-order valence-corrected chi connectivity index (χ3v) is 1.32. The predicted molar refractivity (Wildman–Crippen MR) is 41.0 cm³/mol. The van der Waals surface area contributed by atoms with Gasteiger partial charge in [-0.2, -0.15) is 4.39 Å². The van der Waals surface area contributed by atoms with Crippen molar-refractivity contribution in [3.05, 3.63) is 29.8 Å². The number of ether oxygens (including phenoxy) is 1. The second-order valence-electron chi connectivity index (χ2n) is 2.32. The summed E-state index contributed by atoms with van der Waals surface area (Å²) in [4.78, 5) is 0. The van der Waals surface area contributed by atoms with Crippen molar-refractivity contribution < 1.29 is 13.5 Å². The first kappa shape index (κ1) is 8.97. The average Bonchev–Trinajstić information content (AvgIpc) is 2.08. The summed E-state index contributed by atoms with van der Waals surface area (Å²) in [5.41, 5.74) is 0. The first-order valence-corrected chi connectivity index (χ1v) is 3.74. The number of benzene rings is 1. The van der Waals surface area contributed by atoms with Gasteiger partial charge in [0.15, 0.2) is 11.6 Å². The Morgan fingerprint density at radius 1 is 1.50 bits per heavy atom. The zero-order valence-corrected chi connectivity index (χ0v) is 6.73. The topological polar surface area (TPSA) is 9.23 Å². The summed E-state index contributed by atoms with van der Waals surface area (Å²) in [7, 11) is 0. The van der Waals surface area contributed by atoms with E-state index in [0.29, 0.717) is 6.61 Å². The minimum absolute atomic E-state index is 0.0481. The molecule has 3 heteroatoms. The highest BCUT2D eigenvalue weighted by molar-refractivity contribution is 5.24. The number of hydrogen-bond acceptors (Lipinski definition) is 1. The molecule has 0 aliphatic rings. The van der Waals surface area contributed by atoms with E-state index in [9.17, 15) is 8.78 Å². The van der Waals surface area contributed by atoms with Gasteiger partial charge in [-0.05, 0) is 18.6 Å². The molecule has 0 aliphatic carbocycles. The summed E-state index contributed by atoms with van der Waals surface area (Å²) in [6, 6.07) is 4.74. The van der Waals surface area contributed by atoms with Crippen LogP contribution in [0.5, 0.6) is 5.75 Å². The van der Waals surface area contributed by atoms with Crippen molar-refractivity contribution in [1.82, 2.24) is 0 Å². The summed E-state index contributed by atoms with van der Waals surface area (Å²) in [6.45, 7) is 2.28. The Kier molecular flexibility index (Phi) is 3.02. The molecular weight excluding hydrogens is 162 g/mol. The Morgan fingerprint density at radius 2 is 2.25 bits per heavy atom. The Hall–Kier alpha value is -1.12. The maximum atomic E-state index is 12.8. The van der Waals surface area contributed by atoms with Crippen molar-refractivity contribution in [1.29, 1.82) is 0 Å². The molecule has 0 spiro atoms. The van der Waals surface area contributed by atoms with Crippen LogP contribution in [0.15, 0.2) is 12.1 Å². The standard InChI is InChI=1S/C9H9F2O/c1-2-6-12-8-5-3-4-7(10)9(8)11/h3,5H,2,6H2,1H3. The van der Waals surface area contributed by atoms with Gasteiger partial charge in [-0.15, -0.1) is 0 Å². The Labute approximate surface area is 70.0 Å². The fraction of sp³-hybridized carbons (Fsp3) is 0.333. The molecule has 0 saturated heterocycles. The van der Waals surface area contributed by atoms with E-state index in [-0.39, 0.29) is 5.75 Å². The van der Waals surface area contributed by atoms with Gasteiger partial charge in [0.1, 0.15) is 0 Å². The van der Waals surface area contributed by atoms with E-state index in [1.54, 1.807) is 0 Å². The minimum Gasteiger partial charge on any atom is -0.490 e. The highest BCUT2D eigenvalue weighted by Gasteiger charge is 2.07. The van der Waals surface area contributed by atoms with Crippen LogP contribution in [0.1, 0.15) is 13.3 Å². The molecule has 0 unspecified atom stereocenters. The Bertz CT molecular complexity index is 261. The fourth-order valence-corrected chi connectivity index (χ4v) is 0.759. The van der Waals surface area contributed by atoms with Crippen LogP contribution >= 0.6 is 0 Å². The van der Waals surface area contributed by atoms with Gasteiger partial charge < -0.3 is 4.74 Å². The first-order valence-electron chi connectivity index (χ1n) is 3.74. The molecule has 1 aromatic carbocycles. The van der Waals surface area contributed by atoms with E-state index in [1.165, 1.54) is 12.1 Å². The molecule has 0 aromatic heterocycles. The smallest absolute Gasteiger partial charge is 0.201 e. The first-order chi connectivity index (χ1) is 5.75. The fourth-order valence-electron chi connectivity index (χ4n) is 0.759.